The maximum absolute atomic E-state index is 12.2. The van der Waals surface area contributed by atoms with Crippen molar-refractivity contribution >= 4 is 29.0 Å². The Bertz CT molecular complexity index is 890. The molecule has 0 radical (unpaired) electrons. The van der Waals surface area contributed by atoms with Crippen molar-refractivity contribution in [3.05, 3.63) is 59.2 Å². The number of anilines is 1. The van der Waals surface area contributed by atoms with Gasteiger partial charge in [-0.05, 0) is 81.2 Å². The molecule has 0 saturated heterocycles. The highest BCUT2D eigenvalue weighted by atomic mass is 32.1. The molecule has 1 aliphatic carbocycles. The molecular weight excluding hydrogens is 396 g/mol. The summed E-state index contributed by atoms with van der Waals surface area (Å²) in [7, 11) is 0. The first kappa shape index (κ1) is 22.1. The number of esters is 1. The topological polar surface area (TPSA) is 59.6 Å². The Balaban J connectivity index is 1.76. The van der Waals surface area contributed by atoms with Gasteiger partial charge < -0.3 is 20.1 Å². The summed E-state index contributed by atoms with van der Waals surface area (Å²) in [5, 5.41) is 7.41. The molecule has 6 heteroatoms. The quantitative estimate of drug-likeness (QED) is 0.461. The zero-order valence-electron chi connectivity index (χ0n) is 17.9. The van der Waals surface area contributed by atoms with Crippen LogP contribution in [0.5, 0.6) is 5.75 Å². The minimum absolute atomic E-state index is 0.193. The molecule has 0 aromatic heterocycles. The van der Waals surface area contributed by atoms with Gasteiger partial charge in [0.1, 0.15) is 5.75 Å². The zero-order chi connectivity index (χ0) is 21.6. The fraction of sp³-hybridized carbons (Fsp3) is 0.417. The molecule has 0 amide bonds. The van der Waals surface area contributed by atoms with Gasteiger partial charge in [0.2, 0.25) is 0 Å². The number of carbonyl (C=O) groups excluding carboxylic acids is 1. The lowest BCUT2D eigenvalue weighted by Crippen LogP contribution is -2.45. The maximum atomic E-state index is 12.2. The van der Waals surface area contributed by atoms with Crippen LogP contribution in [0.1, 0.15) is 61.0 Å². The van der Waals surface area contributed by atoms with Crippen LogP contribution in [-0.2, 0) is 10.3 Å². The van der Waals surface area contributed by atoms with E-state index in [1.807, 2.05) is 38.1 Å². The van der Waals surface area contributed by atoms with E-state index in [1.165, 1.54) is 5.56 Å². The number of rotatable bonds is 7. The summed E-state index contributed by atoms with van der Waals surface area (Å²) in [4.78, 5) is 12.2. The molecule has 160 valence electrons. The van der Waals surface area contributed by atoms with Gasteiger partial charge in [0, 0.05) is 5.69 Å². The average Bonchev–Trinajstić information content (AvgIpc) is 3.20. The molecule has 0 spiro atoms. The second-order valence-corrected chi connectivity index (χ2v) is 7.93. The summed E-state index contributed by atoms with van der Waals surface area (Å²) in [5.41, 5.74) is 3.19. The Morgan fingerprint density at radius 1 is 1.07 bits per heavy atom. The minimum Gasteiger partial charge on any atom is -0.494 e. The van der Waals surface area contributed by atoms with Gasteiger partial charge in [-0.3, -0.25) is 0 Å². The molecule has 1 saturated carbocycles. The van der Waals surface area contributed by atoms with Gasteiger partial charge in [-0.2, -0.15) is 0 Å². The van der Waals surface area contributed by atoms with Crippen LogP contribution in [0.25, 0.3) is 0 Å². The van der Waals surface area contributed by atoms with Gasteiger partial charge in [-0.15, -0.1) is 0 Å². The highest BCUT2D eigenvalue weighted by molar-refractivity contribution is 7.80. The summed E-state index contributed by atoms with van der Waals surface area (Å²) >= 11 is 5.67. The number of carbonyl (C=O) groups is 1. The minimum atomic E-state index is -0.320. The molecule has 30 heavy (non-hydrogen) atoms. The van der Waals surface area contributed by atoms with Crippen LogP contribution in [0, 0.1) is 6.92 Å². The highest BCUT2D eigenvalue weighted by Crippen LogP contribution is 2.39. The van der Waals surface area contributed by atoms with E-state index in [0.717, 1.165) is 42.7 Å². The molecule has 5 nitrogen and oxygen atoms in total. The number of thiocarbonyl (C=S) groups is 1. The van der Waals surface area contributed by atoms with Crippen LogP contribution in [0.4, 0.5) is 5.69 Å². The van der Waals surface area contributed by atoms with Crippen LogP contribution in [0.2, 0.25) is 0 Å². The summed E-state index contributed by atoms with van der Waals surface area (Å²) in [6, 6.07) is 13.8. The molecule has 1 fully saturated rings. The van der Waals surface area contributed by atoms with Crippen molar-refractivity contribution in [1.29, 1.82) is 0 Å². The van der Waals surface area contributed by atoms with E-state index < -0.39 is 0 Å². The van der Waals surface area contributed by atoms with Gasteiger partial charge in [-0.1, -0.05) is 31.0 Å². The van der Waals surface area contributed by atoms with E-state index in [4.69, 9.17) is 21.7 Å². The largest absolute Gasteiger partial charge is 0.494 e. The Labute approximate surface area is 184 Å². The molecule has 2 aromatic rings. The second kappa shape index (κ2) is 9.94. The Morgan fingerprint density at radius 2 is 1.77 bits per heavy atom. The molecular formula is C24H30N2O3S. The third-order valence-electron chi connectivity index (χ3n) is 5.61. The van der Waals surface area contributed by atoms with Crippen LogP contribution < -0.4 is 15.4 Å². The van der Waals surface area contributed by atoms with Crippen molar-refractivity contribution in [1.82, 2.24) is 5.32 Å². The molecule has 3 rings (SSSR count). The monoisotopic (exact) mass is 426 g/mol. The first-order chi connectivity index (χ1) is 14.5. The summed E-state index contributed by atoms with van der Waals surface area (Å²) < 4.78 is 10.7. The van der Waals surface area contributed by atoms with E-state index in [1.54, 1.807) is 13.0 Å². The van der Waals surface area contributed by atoms with Crippen molar-refractivity contribution in [3.63, 3.8) is 0 Å². The van der Waals surface area contributed by atoms with Crippen LogP contribution >= 0.6 is 12.2 Å². The molecule has 2 N–H and O–H groups in total. The second-order valence-electron chi connectivity index (χ2n) is 7.52. The van der Waals surface area contributed by atoms with E-state index in [0.29, 0.717) is 23.9 Å². The third kappa shape index (κ3) is 4.93. The SMILES string of the molecule is CCOC(=O)c1cccc(NC(=S)NC2(c3ccc(OCC)cc3)CCCC2)c1C. The smallest absolute Gasteiger partial charge is 0.338 e. The van der Waals surface area contributed by atoms with Crippen LogP contribution in [0.15, 0.2) is 42.5 Å². The van der Waals surface area contributed by atoms with Crippen molar-refractivity contribution in [2.24, 2.45) is 0 Å². The number of benzene rings is 2. The first-order valence-electron chi connectivity index (χ1n) is 10.6. The summed E-state index contributed by atoms with van der Waals surface area (Å²) in [6.45, 7) is 6.68. The molecule has 0 heterocycles. The van der Waals surface area contributed by atoms with E-state index in [9.17, 15) is 4.79 Å². The normalized spacial score (nSPS) is 14.8. The van der Waals surface area contributed by atoms with Gasteiger partial charge in [0.25, 0.3) is 0 Å². The highest BCUT2D eigenvalue weighted by Gasteiger charge is 2.36. The van der Waals surface area contributed by atoms with Crippen LogP contribution in [-0.4, -0.2) is 24.3 Å². The molecule has 0 bridgehead atoms. The fourth-order valence-corrected chi connectivity index (χ4v) is 4.38. The van der Waals surface area contributed by atoms with Crippen molar-refractivity contribution in [2.75, 3.05) is 18.5 Å². The lowest BCUT2D eigenvalue weighted by molar-refractivity contribution is 0.0525. The first-order valence-corrected chi connectivity index (χ1v) is 11.0. The zero-order valence-corrected chi connectivity index (χ0v) is 18.7. The number of hydrogen-bond donors (Lipinski definition) is 2. The number of ether oxygens (including phenoxy) is 2. The molecule has 1 aliphatic rings. The van der Waals surface area contributed by atoms with E-state index >= 15 is 0 Å². The van der Waals surface area contributed by atoms with Gasteiger partial charge in [0.15, 0.2) is 5.11 Å². The van der Waals surface area contributed by atoms with Crippen LogP contribution in [0.3, 0.4) is 0 Å². The third-order valence-corrected chi connectivity index (χ3v) is 5.81. The van der Waals surface area contributed by atoms with Gasteiger partial charge in [-0.25, -0.2) is 4.79 Å². The van der Waals surface area contributed by atoms with Gasteiger partial charge in [0.05, 0.1) is 24.3 Å². The standard InChI is InChI=1S/C24H30N2O3S/c1-4-28-19-13-11-18(12-14-19)24(15-6-7-16-24)26-23(30)25-21-10-8-9-20(17(21)3)22(27)29-5-2/h8-14H,4-7,15-16H2,1-3H3,(H2,25,26,30). The van der Waals surface area contributed by atoms with Crippen molar-refractivity contribution in [2.45, 2.75) is 52.0 Å². The average molecular weight is 427 g/mol. The van der Waals surface area contributed by atoms with E-state index in [-0.39, 0.29) is 11.5 Å². The summed E-state index contributed by atoms with van der Waals surface area (Å²) in [5.74, 6) is 0.556. The lowest BCUT2D eigenvalue weighted by atomic mass is 9.88. The van der Waals surface area contributed by atoms with Gasteiger partial charge >= 0.3 is 5.97 Å². The molecule has 0 unspecified atom stereocenters. The lowest BCUT2D eigenvalue weighted by Gasteiger charge is -2.33. The van der Waals surface area contributed by atoms with E-state index in [2.05, 4.69) is 22.8 Å². The predicted molar refractivity (Wildman–Crippen MR) is 124 cm³/mol. The molecule has 0 atom stereocenters. The fourth-order valence-electron chi connectivity index (χ4n) is 4.07. The maximum Gasteiger partial charge on any atom is 0.338 e. The number of nitrogens with one attached hydrogen (secondary N) is 2. The van der Waals surface area contributed by atoms with Crippen molar-refractivity contribution in [3.8, 4) is 5.75 Å². The Kier molecular flexibility index (Phi) is 7.32. The molecule has 0 aliphatic heterocycles. The Morgan fingerprint density at radius 3 is 2.40 bits per heavy atom. The molecule has 2 aromatic carbocycles. The van der Waals surface area contributed by atoms with Crippen molar-refractivity contribution < 1.29 is 14.3 Å². The summed E-state index contributed by atoms with van der Waals surface area (Å²) in [6.07, 6.45) is 4.34. The number of hydrogen-bond acceptors (Lipinski definition) is 4. The Hall–Kier alpha value is -2.60. The predicted octanol–water partition coefficient (Wildman–Crippen LogP) is 5.33.